The number of rotatable bonds is 2. The molecule has 0 unspecified atom stereocenters. The molecule has 1 aromatic carbocycles. The highest BCUT2D eigenvalue weighted by atomic mass is 14.3. The molecular weight excluding hydrogens is 204 g/mol. The second kappa shape index (κ2) is 4.11. The van der Waals surface area contributed by atoms with Crippen LogP contribution < -0.4 is 0 Å². The average Bonchev–Trinajstić information content (AvgIpc) is 2.97. The van der Waals surface area contributed by atoms with Gasteiger partial charge in [-0.3, -0.25) is 0 Å². The van der Waals surface area contributed by atoms with Crippen LogP contribution in [0.2, 0.25) is 0 Å². The molecule has 0 saturated carbocycles. The summed E-state index contributed by atoms with van der Waals surface area (Å²) in [7, 11) is 0. The van der Waals surface area contributed by atoms with Gasteiger partial charge in [0.05, 0.1) is 0 Å². The van der Waals surface area contributed by atoms with Crippen molar-refractivity contribution in [2.24, 2.45) is 0 Å². The molecule has 3 rings (SSSR count). The summed E-state index contributed by atoms with van der Waals surface area (Å²) in [5, 5.41) is 0. The van der Waals surface area contributed by atoms with E-state index in [0.717, 1.165) is 19.3 Å². The quantitative estimate of drug-likeness (QED) is 0.660. The molecule has 0 aliphatic heterocycles. The zero-order valence-electron chi connectivity index (χ0n) is 9.74. The standard InChI is InChI=1S/C17H14/c1-2-7-16-15-11-6-5-10-14(15)12-17(16)13-8-3-4-9-13/h1,3-6,8,10-11H,7,9,12H2. The molecule has 17 heavy (non-hydrogen) atoms. The summed E-state index contributed by atoms with van der Waals surface area (Å²) in [6.45, 7) is 0. The van der Waals surface area contributed by atoms with E-state index in [9.17, 15) is 0 Å². The van der Waals surface area contributed by atoms with Gasteiger partial charge in [0.1, 0.15) is 0 Å². The minimum Gasteiger partial charge on any atom is -0.120 e. The van der Waals surface area contributed by atoms with Crippen LogP contribution in [0.1, 0.15) is 24.0 Å². The summed E-state index contributed by atoms with van der Waals surface area (Å²) in [4.78, 5) is 0. The number of benzene rings is 1. The van der Waals surface area contributed by atoms with Gasteiger partial charge in [-0.05, 0) is 40.7 Å². The Labute approximate surface area is 102 Å². The van der Waals surface area contributed by atoms with Crippen LogP contribution in [0.15, 0.2) is 53.6 Å². The van der Waals surface area contributed by atoms with Gasteiger partial charge in [-0.25, -0.2) is 0 Å². The van der Waals surface area contributed by atoms with E-state index in [0.29, 0.717) is 0 Å². The predicted molar refractivity (Wildman–Crippen MR) is 72.4 cm³/mol. The van der Waals surface area contributed by atoms with Crippen molar-refractivity contribution in [1.82, 2.24) is 0 Å². The molecule has 0 spiro atoms. The van der Waals surface area contributed by atoms with E-state index in [2.05, 4.69) is 48.4 Å². The lowest BCUT2D eigenvalue weighted by atomic mass is 9.98. The van der Waals surface area contributed by atoms with Crippen molar-refractivity contribution in [2.45, 2.75) is 19.3 Å². The van der Waals surface area contributed by atoms with E-state index in [1.807, 2.05) is 0 Å². The van der Waals surface area contributed by atoms with Crippen LogP contribution in [0.5, 0.6) is 0 Å². The highest BCUT2D eigenvalue weighted by molar-refractivity contribution is 5.81. The molecular formula is C17H14. The molecule has 0 heteroatoms. The normalized spacial score (nSPS) is 17.0. The highest BCUT2D eigenvalue weighted by Gasteiger charge is 2.22. The summed E-state index contributed by atoms with van der Waals surface area (Å²) >= 11 is 0. The fourth-order valence-electron chi connectivity index (χ4n) is 2.71. The monoisotopic (exact) mass is 218 g/mol. The third-order valence-electron chi connectivity index (χ3n) is 3.51. The lowest BCUT2D eigenvalue weighted by molar-refractivity contribution is 1.15. The van der Waals surface area contributed by atoms with E-state index in [1.54, 1.807) is 0 Å². The van der Waals surface area contributed by atoms with Crippen LogP contribution in [-0.4, -0.2) is 0 Å². The Morgan fingerprint density at radius 3 is 2.88 bits per heavy atom. The third-order valence-corrected chi connectivity index (χ3v) is 3.51. The Balaban J connectivity index is 2.08. The van der Waals surface area contributed by atoms with E-state index in [-0.39, 0.29) is 0 Å². The van der Waals surface area contributed by atoms with Crippen molar-refractivity contribution in [3.05, 3.63) is 64.8 Å². The number of hydrogen-bond donors (Lipinski definition) is 0. The largest absolute Gasteiger partial charge is 0.120 e. The maximum atomic E-state index is 5.51. The van der Waals surface area contributed by atoms with Gasteiger partial charge < -0.3 is 0 Å². The van der Waals surface area contributed by atoms with Crippen molar-refractivity contribution < 1.29 is 0 Å². The molecule has 0 saturated heterocycles. The molecule has 0 bridgehead atoms. The van der Waals surface area contributed by atoms with E-state index in [1.165, 1.54) is 27.8 Å². The Kier molecular flexibility index (Phi) is 2.46. The maximum absolute atomic E-state index is 5.51. The van der Waals surface area contributed by atoms with E-state index in [4.69, 9.17) is 6.42 Å². The van der Waals surface area contributed by atoms with Crippen molar-refractivity contribution in [1.29, 1.82) is 0 Å². The first-order valence-electron chi connectivity index (χ1n) is 6.00. The number of allylic oxidation sites excluding steroid dienone is 6. The zero-order chi connectivity index (χ0) is 11.7. The van der Waals surface area contributed by atoms with Gasteiger partial charge in [0.15, 0.2) is 0 Å². The van der Waals surface area contributed by atoms with Crippen molar-refractivity contribution in [3.63, 3.8) is 0 Å². The van der Waals surface area contributed by atoms with Crippen LogP contribution in [0.3, 0.4) is 0 Å². The van der Waals surface area contributed by atoms with Gasteiger partial charge in [-0.1, -0.05) is 42.5 Å². The molecule has 2 aliphatic carbocycles. The summed E-state index contributed by atoms with van der Waals surface area (Å²) < 4.78 is 0. The molecule has 2 aliphatic rings. The Hall–Kier alpha value is -2.00. The molecule has 0 heterocycles. The SMILES string of the molecule is C#CCC1=C(C2=CC=CC2)Cc2ccccc21. The Morgan fingerprint density at radius 2 is 2.12 bits per heavy atom. The molecule has 0 fully saturated rings. The first-order chi connectivity index (χ1) is 8.40. The lowest BCUT2D eigenvalue weighted by Crippen LogP contribution is -1.89. The second-order valence-electron chi connectivity index (χ2n) is 4.50. The molecule has 1 aromatic rings. The summed E-state index contributed by atoms with van der Waals surface area (Å²) in [5.41, 5.74) is 7.02. The van der Waals surface area contributed by atoms with Crippen molar-refractivity contribution in [2.75, 3.05) is 0 Å². The third kappa shape index (κ3) is 1.65. The fourth-order valence-corrected chi connectivity index (χ4v) is 2.71. The van der Waals surface area contributed by atoms with Crippen LogP contribution in [-0.2, 0) is 6.42 Å². The molecule has 0 amide bonds. The van der Waals surface area contributed by atoms with Gasteiger partial charge >= 0.3 is 0 Å². The smallest absolute Gasteiger partial charge is 0.0346 e. The average molecular weight is 218 g/mol. The maximum Gasteiger partial charge on any atom is 0.0346 e. The molecule has 82 valence electrons. The lowest BCUT2D eigenvalue weighted by Gasteiger charge is -2.06. The minimum atomic E-state index is 0.740. The summed E-state index contributed by atoms with van der Waals surface area (Å²) in [6.07, 6.45) is 14.9. The van der Waals surface area contributed by atoms with E-state index < -0.39 is 0 Å². The van der Waals surface area contributed by atoms with Crippen LogP contribution in [0, 0.1) is 12.3 Å². The molecule has 0 nitrogen and oxygen atoms in total. The summed E-state index contributed by atoms with van der Waals surface area (Å²) in [5.74, 6) is 2.80. The number of terminal acetylenes is 1. The molecule has 0 radical (unpaired) electrons. The van der Waals surface area contributed by atoms with Crippen molar-refractivity contribution in [3.8, 4) is 12.3 Å². The van der Waals surface area contributed by atoms with Gasteiger partial charge in [0.25, 0.3) is 0 Å². The van der Waals surface area contributed by atoms with E-state index >= 15 is 0 Å². The summed E-state index contributed by atoms with van der Waals surface area (Å²) in [6, 6.07) is 8.61. The molecule has 0 aromatic heterocycles. The first kappa shape index (κ1) is 10.2. The topological polar surface area (TPSA) is 0 Å². The Bertz CT molecular complexity index is 589. The zero-order valence-corrected chi connectivity index (χ0v) is 9.74. The molecule has 0 atom stereocenters. The fraction of sp³-hybridized carbons (Fsp3) is 0.176. The molecule has 0 N–H and O–H groups in total. The minimum absolute atomic E-state index is 0.740. The number of fused-ring (bicyclic) bond motifs is 1. The van der Waals surface area contributed by atoms with Crippen LogP contribution in [0.25, 0.3) is 5.57 Å². The van der Waals surface area contributed by atoms with Crippen LogP contribution in [0.4, 0.5) is 0 Å². The number of hydrogen-bond acceptors (Lipinski definition) is 0. The second-order valence-corrected chi connectivity index (χ2v) is 4.50. The van der Waals surface area contributed by atoms with Gasteiger partial charge in [-0.2, -0.15) is 0 Å². The first-order valence-corrected chi connectivity index (χ1v) is 6.00. The predicted octanol–water partition coefficient (Wildman–Crippen LogP) is 3.91. The van der Waals surface area contributed by atoms with Crippen molar-refractivity contribution >= 4 is 5.57 Å². The van der Waals surface area contributed by atoms with Gasteiger partial charge in [-0.15, -0.1) is 12.3 Å². The Morgan fingerprint density at radius 1 is 1.24 bits per heavy atom. The van der Waals surface area contributed by atoms with Crippen LogP contribution >= 0.6 is 0 Å². The van der Waals surface area contributed by atoms with Gasteiger partial charge in [0, 0.05) is 6.42 Å². The van der Waals surface area contributed by atoms with Gasteiger partial charge in [0.2, 0.25) is 0 Å². The highest BCUT2D eigenvalue weighted by Crippen LogP contribution is 2.39.